The first kappa shape index (κ1) is 14.5. The van der Waals surface area contributed by atoms with Crippen molar-refractivity contribution in [2.24, 2.45) is 0 Å². The molecule has 4 heteroatoms. The summed E-state index contributed by atoms with van der Waals surface area (Å²) >= 11 is 6.11. The van der Waals surface area contributed by atoms with E-state index in [0.29, 0.717) is 0 Å². The van der Waals surface area contributed by atoms with Gasteiger partial charge in [0.05, 0.1) is 5.38 Å². The fourth-order valence-corrected chi connectivity index (χ4v) is 1.93. The summed E-state index contributed by atoms with van der Waals surface area (Å²) in [7, 11) is 0. The Morgan fingerprint density at radius 1 is 1.18 bits per heavy atom. The quantitative estimate of drug-likeness (QED) is 0.487. The number of nitrogens with zero attached hydrogens (tertiary/aromatic N) is 3. The van der Waals surface area contributed by atoms with Gasteiger partial charge >= 0.3 is 0 Å². The topological polar surface area (TPSA) is 30.7 Å². The standard InChI is InChI=1S/C13H24ClN3/c1-3-5-6-7-8-9-10-17-11-13(15-16-17)12(14)4-2/h11-12H,3-10H2,1-2H3. The molecule has 0 saturated carbocycles. The third kappa shape index (κ3) is 5.53. The smallest absolute Gasteiger partial charge is 0.100 e. The number of aryl methyl sites for hydroxylation is 1. The molecule has 0 aromatic carbocycles. The number of rotatable bonds is 9. The van der Waals surface area contributed by atoms with Gasteiger partial charge in [0.15, 0.2) is 0 Å². The predicted octanol–water partition coefficient (Wildman–Crippen LogP) is 4.33. The average molecular weight is 258 g/mol. The fraction of sp³-hybridized carbons (Fsp3) is 0.846. The maximum absolute atomic E-state index is 6.11. The first-order chi connectivity index (χ1) is 8.27. The first-order valence-electron chi connectivity index (χ1n) is 6.82. The molecule has 0 bridgehead atoms. The molecule has 1 unspecified atom stereocenters. The van der Waals surface area contributed by atoms with Gasteiger partial charge in [0, 0.05) is 12.7 Å². The van der Waals surface area contributed by atoms with Crippen LogP contribution in [0.2, 0.25) is 0 Å². The van der Waals surface area contributed by atoms with E-state index in [9.17, 15) is 0 Å². The molecule has 98 valence electrons. The SMILES string of the molecule is CCCCCCCCn1cc(C(Cl)CC)nn1. The normalized spacial score (nSPS) is 12.9. The highest BCUT2D eigenvalue weighted by molar-refractivity contribution is 6.20. The summed E-state index contributed by atoms with van der Waals surface area (Å²) < 4.78 is 1.92. The van der Waals surface area contributed by atoms with Crippen molar-refractivity contribution >= 4 is 11.6 Å². The van der Waals surface area contributed by atoms with Crippen molar-refractivity contribution in [1.82, 2.24) is 15.0 Å². The molecule has 0 N–H and O–H groups in total. The van der Waals surface area contributed by atoms with E-state index >= 15 is 0 Å². The molecule has 0 spiro atoms. The second kappa shape index (κ2) is 8.51. The van der Waals surface area contributed by atoms with Gasteiger partial charge in [0.2, 0.25) is 0 Å². The molecular weight excluding hydrogens is 234 g/mol. The number of hydrogen-bond acceptors (Lipinski definition) is 2. The van der Waals surface area contributed by atoms with Crippen LogP contribution >= 0.6 is 11.6 Å². The summed E-state index contributed by atoms with van der Waals surface area (Å²) in [5.41, 5.74) is 0.903. The van der Waals surface area contributed by atoms with Crippen molar-refractivity contribution in [3.05, 3.63) is 11.9 Å². The van der Waals surface area contributed by atoms with Gasteiger partial charge in [-0.15, -0.1) is 16.7 Å². The molecule has 1 aromatic heterocycles. The van der Waals surface area contributed by atoms with Gasteiger partial charge in [0.1, 0.15) is 5.69 Å². The minimum Gasteiger partial charge on any atom is -0.252 e. The third-order valence-electron chi connectivity index (χ3n) is 2.98. The Balaban J connectivity index is 2.16. The maximum Gasteiger partial charge on any atom is 0.100 e. The van der Waals surface area contributed by atoms with Gasteiger partial charge in [0.25, 0.3) is 0 Å². The van der Waals surface area contributed by atoms with Crippen LogP contribution in [0.4, 0.5) is 0 Å². The van der Waals surface area contributed by atoms with Gasteiger partial charge in [-0.1, -0.05) is 51.2 Å². The zero-order chi connectivity index (χ0) is 12.5. The summed E-state index contributed by atoms with van der Waals surface area (Å²) in [6.07, 6.45) is 10.7. The minimum absolute atomic E-state index is 0.00769. The molecule has 1 rings (SSSR count). The fourth-order valence-electron chi connectivity index (χ4n) is 1.83. The lowest BCUT2D eigenvalue weighted by atomic mass is 10.1. The van der Waals surface area contributed by atoms with Gasteiger partial charge in [-0.25, -0.2) is 0 Å². The van der Waals surface area contributed by atoms with Crippen molar-refractivity contribution in [2.45, 2.75) is 70.7 Å². The minimum atomic E-state index is 0.00769. The van der Waals surface area contributed by atoms with Crippen molar-refractivity contribution in [2.75, 3.05) is 0 Å². The molecule has 0 fully saturated rings. The molecule has 0 radical (unpaired) electrons. The van der Waals surface area contributed by atoms with E-state index in [1.165, 1.54) is 38.5 Å². The summed E-state index contributed by atoms with van der Waals surface area (Å²) in [6.45, 7) is 5.27. The molecule has 0 saturated heterocycles. The Morgan fingerprint density at radius 3 is 2.59 bits per heavy atom. The number of halogens is 1. The zero-order valence-electron chi connectivity index (χ0n) is 11.0. The van der Waals surface area contributed by atoms with Crippen molar-refractivity contribution < 1.29 is 0 Å². The van der Waals surface area contributed by atoms with Crippen molar-refractivity contribution in [1.29, 1.82) is 0 Å². The maximum atomic E-state index is 6.11. The summed E-state index contributed by atoms with van der Waals surface area (Å²) in [6, 6.07) is 0. The van der Waals surface area contributed by atoms with E-state index in [-0.39, 0.29) is 5.38 Å². The van der Waals surface area contributed by atoms with Crippen LogP contribution in [-0.2, 0) is 6.54 Å². The second-order valence-corrected chi connectivity index (χ2v) is 5.08. The van der Waals surface area contributed by atoms with Gasteiger partial charge in [-0.05, 0) is 12.8 Å². The average Bonchev–Trinajstić information content (AvgIpc) is 2.81. The van der Waals surface area contributed by atoms with Crippen molar-refractivity contribution in [3.63, 3.8) is 0 Å². The summed E-state index contributed by atoms with van der Waals surface area (Å²) in [5.74, 6) is 0. The van der Waals surface area contributed by atoms with E-state index in [0.717, 1.165) is 18.7 Å². The van der Waals surface area contributed by atoms with E-state index in [2.05, 4.69) is 24.2 Å². The van der Waals surface area contributed by atoms with E-state index < -0.39 is 0 Å². The van der Waals surface area contributed by atoms with E-state index in [4.69, 9.17) is 11.6 Å². The summed E-state index contributed by atoms with van der Waals surface area (Å²) in [4.78, 5) is 0. The van der Waals surface area contributed by atoms with Crippen LogP contribution in [0.3, 0.4) is 0 Å². The monoisotopic (exact) mass is 257 g/mol. The van der Waals surface area contributed by atoms with Crippen LogP contribution < -0.4 is 0 Å². The Kier molecular flexibility index (Phi) is 7.25. The molecule has 17 heavy (non-hydrogen) atoms. The number of aromatic nitrogens is 3. The molecule has 0 aliphatic carbocycles. The van der Waals surface area contributed by atoms with Crippen LogP contribution in [0.1, 0.15) is 69.9 Å². The van der Waals surface area contributed by atoms with Crippen LogP contribution in [0.25, 0.3) is 0 Å². The van der Waals surface area contributed by atoms with E-state index in [1.54, 1.807) is 0 Å². The molecule has 0 aliphatic heterocycles. The zero-order valence-corrected chi connectivity index (χ0v) is 11.8. The molecule has 1 atom stereocenters. The highest BCUT2D eigenvalue weighted by Gasteiger charge is 2.09. The number of unbranched alkanes of at least 4 members (excludes halogenated alkanes) is 5. The highest BCUT2D eigenvalue weighted by atomic mass is 35.5. The van der Waals surface area contributed by atoms with Crippen LogP contribution in [-0.4, -0.2) is 15.0 Å². The molecule has 0 amide bonds. The molecule has 1 heterocycles. The van der Waals surface area contributed by atoms with Crippen LogP contribution in [0.15, 0.2) is 6.20 Å². The molecule has 3 nitrogen and oxygen atoms in total. The molecular formula is C13H24ClN3. The Bertz CT molecular complexity index is 299. The molecule has 0 aliphatic rings. The Morgan fingerprint density at radius 2 is 1.88 bits per heavy atom. The first-order valence-corrected chi connectivity index (χ1v) is 7.25. The number of hydrogen-bond donors (Lipinski definition) is 0. The lowest BCUT2D eigenvalue weighted by molar-refractivity contribution is 0.516. The third-order valence-corrected chi connectivity index (χ3v) is 3.51. The molecule has 1 aromatic rings. The van der Waals surface area contributed by atoms with Crippen LogP contribution in [0, 0.1) is 0 Å². The van der Waals surface area contributed by atoms with Crippen molar-refractivity contribution in [3.8, 4) is 0 Å². The van der Waals surface area contributed by atoms with Crippen LogP contribution in [0.5, 0.6) is 0 Å². The Hall–Kier alpha value is -0.570. The summed E-state index contributed by atoms with van der Waals surface area (Å²) in [5, 5.41) is 8.21. The highest BCUT2D eigenvalue weighted by Crippen LogP contribution is 2.20. The van der Waals surface area contributed by atoms with Gasteiger partial charge in [-0.3, -0.25) is 4.68 Å². The van der Waals surface area contributed by atoms with Gasteiger partial charge < -0.3 is 0 Å². The largest absolute Gasteiger partial charge is 0.252 e. The van der Waals surface area contributed by atoms with Gasteiger partial charge in [-0.2, -0.15) is 0 Å². The second-order valence-electron chi connectivity index (χ2n) is 4.55. The lowest BCUT2D eigenvalue weighted by Crippen LogP contribution is -1.98. The predicted molar refractivity (Wildman–Crippen MR) is 72.3 cm³/mol. The lowest BCUT2D eigenvalue weighted by Gasteiger charge is -2.01. The Labute approximate surface area is 110 Å². The number of alkyl halides is 1. The van der Waals surface area contributed by atoms with E-state index in [1.807, 2.05) is 10.9 Å².